The first-order valence-electron chi connectivity index (χ1n) is 10.2. The van der Waals surface area contributed by atoms with Crippen LogP contribution in [0.3, 0.4) is 0 Å². The van der Waals surface area contributed by atoms with Gasteiger partial charge in [0.2, 0.25) is 0 Å². The zero-order valence-corrected chi connectivity index (χ0v) is 18.7. The first kappa shape index (κ1) is 23.7. The van der Waals surface area contributed by atoms with Crippen LogP contribution in [0, 0.1) is 11.7 Å². The monoisotopic (exact) mass is 450 g/mol. The van der Waals surface area contributed by atoms with Gasteiger partial charge in [0, 0.05) is 30.6 Å². The third-order valence-corrected chi connectivity index (χ3v) is 5.99. The van der Waals surface area contributed by atoms with E-state index in [1.807, 2.05) is 7.05 Å². The van der Waals surface area contributed by atoms with Gasteiger partial charge in [-0.3, -0.25) is 9.69 Å². The van der Waals surface area contributed by atoms with Gasteiger partial charge in [0.15, 0.2) is 6.29 Å². The minimum atomic E-state index is -0.839. The standard InChI is InChI=1S/C22H28ClFN4O3/c1-27-6-4-14(5-7-27)21(30)15-8-16(13-29)20(18(24)9-15)22(31-3)28(2)12-19-25-10-17(23)11-26-19/h8-11,13-14,21-22,30H,4-7,12H2,1-3H3/t21-,22+/m0/s1. The highest BCUT2D eigenvalue weighted by Gasteiger charge is 2.29. The Balaban J connectivity index is 1.85. The number of ether oxygens (including phenoxy) is 1. The summed E-state index contributed by atoms with van der Waals surface area (Å²) in [4.78, 5) is 24.0. The van der Waals surface area contributed by atoms with Crippen molar-refractivity contribution in [3.63, 3.8) is 0 Å². The lowest BCUT2D eigenvalue weighted by atomic mass is 9.86. The summed E-state index contributed by atoms with van der Waals surface area (Å²) >= 11 is 5.82. The second kappa shape index (κ2) is 10.6. The highest BCUT2D eigenvalue weighted by atomic mass is 35.5. The van der Waals surface area contributed by atoms with Crippen molar-refractivity contribution in [2.24, 2.45) is 5.92 Å². The minimum Gasteiger partial charge on any atom is -0.388 e. The zero-order chi connectivity index (χ0) is 22.5. The highest BCUT2D eigenvalue weighted by Crippen LogP contribution is 2.34. The molecule has 0 bridgehead atoms. The molecule has 2 atom stereocenters. The summed E-state index contributed by atoms with van der Waals surface area (Å²) in [6.07, 6.45) is 3.55. The summed E-state index contributed by atoms with van der Waals surface area (Å²) in [5.41, 5.74) is 0.683. The molecule has 0 unspecified atom stereocenters. The van der Waals surface area contributed by atoms with E-state index in [1.54, 1.807) is 18.0 Å². The summed E-state index contributed by atoms with van der Waals surface area (Å²) in [6.45, 7) is 2.02. The zero-order valence-electron chi connectivity index (χ0n) is 18.0. The molecule has 1 aliphatic heterocycles. The van der Waals surface area contributed by atoms with Crippen LogP contribution >= 0.6 is 11.6 Å². The van der Waals surface area contributed by atoms with Gasteiger partial charge in [-0.05, 0) is 63.6 Å². The first-order chi connectivity index (χ1) is 14.8. The number of hydrogen-bond acceptors (Lipinski definition) is 7. The average molecular weight is 451 g/mol. The summed E-state index contributed by atoms with van der Waals surface area (Å²) in [6, 6.07) is 2.87. The summed E-state index contributed by atoms with van der Waals surface area (Å²) < 4.78 is 20.8. The number of aromatic nitrogens is 2. The predicted molar refractivity (Wildman–Crippen MR) is 115 cm³/mol. The number of likely N-dealkylation sites (tertiary alicyclic amines) is 1. The number of benzene rings is 1. The molecule has 1 aromatic carbocycles. The van der Waals surface area contributed by atoms with Crippen LogP contribution in [0.2, 0.25) is 5.02 Å². The number of halogens is 2. The summed E-state index contributed by atoms with van der Waals surface area (Å²) in [5, 5.41) is 11.2. The van der Waals surface area contributed by atoms with Gasteiger partial charge in [-0.1, -0.05) is 11.6 Å². The van der Waals surface area contributed by atoms with Crippen molar-refractivity contribution >= 4 is 17.9 Å². The van der Waals surface area contributed by atoms with Gasteiger partial charge in [0.05, 0.1) is 17.7 Å². The lowest BCUT2D eigenvalue weighted by Gasteiger charge is -2.32. The van der Waals surface area contributed by atoms with Crippen LogP contribution in [0.25, 0.3) is 0 Å². The van der Waals surface area contributed by atoms with E-state index in [0.717, 1.165) is 25.9 Å². The van der Waals surface area contributed by atoms with Crippen LogP contribution in [0.15, 0.2) is 24.5 Å². The number of nitrogens with zero attached hydrogens (tertiary/aromatic N) is 4. The lowest BCUT2D eigenvalue weighted by Crippen LogP contribution is -2.33. The first-order valence-corrected chi connectivity index (χ1v) is 10.6. The van der Waals surface area contributed by atoms with Gasteiger partial charge in [-0.25, -0.2) is 14.4 Å². The van der Waals surface area contributed by atoms with E-state index < -0.39 is 18.1 Å². The predicted octanol–water partition coefficient (Wildman–Crippen LogP) is 3.23. The van der Waals surface area contributed by atoms with Gasteiger partial charge < -0.3 is 14.7 Å². The Morgan fingerprint density at radius 1 is 1.35 bits per heavy atom. The fourth-order valence-corrected chi connectivity index (χ4v) is 4.15. The Bertz CT molecular complexity index is 891. The molecule has 1 aromatic heterocycles. The highest BCUT2D eigenvalue weighted by molar-refractivity contribution is 6.30. The largest absolute Gasteiger partial charge is 0.388 e. The molecule has 1 aliphatic rings. The smallest absolute Gasteiger partial charge is 0.150 e. The second-order valence-corrected chi connectivity index (χ2v) is 8.47. The molecule has 0 saturated carbocycles. The van der Waals surface area contributed by atoms with Crippen molar-refractivity contribution in [3.05, 3.63) is 57.9 Å². The van der Waals surface area contributed by atoms with E-state index in [1.165, 1.54) is 25.6 Å². The van der Waals surface area contributed by atoms with E-state index in [9.17, 15) is 9.90 Å². The Kier molecular flexibility index (Phi) is 8.07. The van der Waals surface area contributed by atoms with Crippen molar-refractivity contribution in [1.29, 1.82) is 0 Å². The van der Waals surface area contributed by atoms with E-state index in [0.29, 0.717) is 22.7 Å². The van der Waals surface area contributed by atoms with Crippen molar-refractivity contribution in [1.82, 2.24) is 19.8 Å². The molecule has 31 heavy (non-hydrogen) atoms. The molecule has 1 saturated heterocycles. The van der Waals surface area contributed by atoms with Crippen molar-refractivity contribution < 1.29 is 19.0 Å². The van der Waals surface area contributed by atoms with Crippen LogP contribution in [0.4, 0.5) is 4.39 Å². The molecule has 0 amide bonds. The number of carbonyl (C=O) groups excluding carboxylic acids is 1. The number of aliphatic hydroxyl groups is 1. The number of aldehydes is 1. The van der Waals surface area contributed by atoms with Crippen molar-refractivity contribution in [3.8, 4) is 0 Å². The molecule has 0 aliphatic carbocycles. The fourth-order valence-electron chi connectivity index (χ4n) is 4.05. The number of aliphatic hydroxyl groups excluding tert-OH is 1. The molecule has 1 fully saturated rings. The number of piperidine rings is 1. The maximum atomic E-state index is 15.2. The molecule has 7 nitrogen and oxygen atoms in total. The molecular weight excluding hydrogens is 423 g/mol. The number of methoxy groups -OCH3 is 1. The Hall–Kier alpha value is -1.97. The molecule has 1 N–H and O–H groups in total. The minimum absolute atomic E-state index is 0.0314. The van der Waals surface area contributed by atoms with Gasteiger partial charge >= 0.3 is 0 Å². The third-order valence-electron chi connectivity index (χ3n) is 5.80. The quantitative estimate of drug-likeness (QED) is 0.488. The van der Waals surface area contributed by atoms with Crippen LogP contribution in [-0.2, 0) is 11.3 Å². The van der Waals surface area contributed by atoms with Crippen LogP contribution in [0.1, 0.15) is 52.5 Å². The van der Waals surface area contributed by atoms with Crippen LogP contribution in [-0.4, -0.2) is 65.5 Å². The topological polar surface area (TPSA) is 78.8 Å². The maximum absolute atomic E-state index is 15.2. The van der Waals surface area contributed by atoms with Gasteiger partial charge in [-0.15, -0.1) is 0 Å². The average Bonchev–Trinajstić information content (AvgIpc) is 2.76. The van der Waals surface area contributed by atoms with Crippen LogP contribution in [0.5, 0.6) is 0 Å². The van der Waals surface area contributed by atoms with Gasteiger partial charge in [0.25, 0.3) is 0 Å². The third kappa shape index (κ3) is 5.64. The lowest BCUT2D eigenvalue weighted by molar-refractivity contribution is -0.0285. The number of rotatable bonds is 8. The number of carbonyl (C=O) groups is 1. The molecule has 0 spiro atoms. The summed E-state index contributed by atoms with van der Waals surface area (Å²) in [5.74, 6) is -0.0810. The molecule has 9 heteroatoms. The fraction of sp³-hybridized carbons (Fsp3) is 0.500. The molecule has 3 rings (SSSR count). The Morgan fingerprint density at radius 3 is 2.58 bits per heavy atom. The molecule has 168 valence electrons. The van der Waals surface area contributed by atoms with Crippen molar-refractivity contribution in [2.45, 2.75) is 31.7 Å². The molecule has 2 heterocycles. The second-order valence-electron chi connectivity index (χ2n) is 8.03. The molecule has 0 radical (unpaired) electrons. The summed E-state index contributed by atoms with van der Waals surface area (Å²) in [7, 11) is 5.21. The van der Waals surface area contributed by atoms with Gasteiger partial charge in [-0.2, -0.15) is 0 Å². The SMILES string of the molecule is CO[C@H](c1c(F)cc([C@@H](O)C2CCN(C)CC2)cc1C=O)N(C)Cc1ncc(Cl)cn1. The number of hydrogen-bond donors (Lipinski definition) is 1. The normalized spacial score (nSPS) is 17.6. The van der Waals surface area contributed by atoms with E-state index >= 15 is 4.39 Å². The molecular formula is C22H28ClFN4O3. The van der Waals surface area contributed by atoms with Crippen LogP contribution < -0.4 is 0 Å². The maximum Gasteiger partial charge on any atom is 0.150 e. The van der Waals surface area contributed by atoms with Gasteiger partial charge in [0.1, 0.15) is 17.9 Å². The Labute approximate surface area is 186 Å². The van der Waals surface area contributed by atoms with E-state index in [4.69, 9.17) is 16.3 Å². The van der Waals surface area contributed by atoms with E-state index in [2.05, 4.69) is 14.9 Å². The molecule has 2 aromatic rings. The van der Waals surface area contributed by atoms with E-state index in [-0.39, 0.29) is 23.6 Å². The Morgan fingerprint density at radius 2 is 2.00 bits per heavy atom. The van der Waals surface area contributed by atoms with Crippen molar-refractivity contribution in [2.75, 3.05) is 34.3 Å².